The van der Waals surface area contributed by atoms with Crippen LogP contribution in [0.2, 0.25) is 5.02 Å². The van der Waals surface area contributed by atoms with E-state index < -0.39 is 11.6 Å². The van der Waals surface area contributed by atoms with Crippen LogP contribution in [0.25, 0.3) is 11.3 Å². The normalized spacial score (nSPS) is 10.7. The zero-order valence-electron chi connectivity index (χ0n) is 13.4. The van der Waals surface area contributed by atoms with Crippen molar-refractivity contribution in [2.24, 2.45) is 0 Å². The zero-order valence-corrected chi connectivity index (χ0v) is 14.1. The van der Waals surface area contributed by atoms with Crippen molar-refractivity contribution in [1.29, 1.82) is 0 Å². The van der Waals surface area contributed by atoms with E-state index in [9.17, 15) is 13.6 Å². The van der Waals surface area contributed by atoms with Crippen LogP contribution >= 0.6 is 11.6 Å². The molecule has 0 N–H and O–H groups in total. The topological polar surface area (TPSA) is 30.0 Å². The third-order valence-corrected chi connectivity index (χ3v) is 4.27. The summed E-state index contributed by atoms with van der Waals surface area (Å²) in [5.74, 6) is -1.90. The first-order valence-corrected chi connectivity index (χ1v) is 8.02. The summed E-state index contributed by atoms with van der Waals surface area (Å²) in [5, 5.41) is 0.584. The summed E-state index contributed by atoms with van der Waals surface area (Å²) in [6.07, 6.45) is 1.07. The van der Waals surface area contributed by atoms with Crippen molar-refractivity contribution in [2.75, 3.05) is 0 Å². The number of rotatable bonds is 4. The second-order valence-corrected chi connectivity index (χ2v) is 6.14. The summed E-state index contributed by atoms with van der Waals surface area (Å²) in [5.41, 5.74) is 3.14. The van der Waals surface area contributed by atoms with Crippen LogP contribution in [0, 0.1) is 18.6 Å². The van der Waals surface area contributed by atoms with Crippen molar-refractivity contribution >= 4 is 17.9 Å². The number of hydrogen-bond acceptors (Lipinski definition) is 2. The molecule has 0 unspecified atom stereocenters. The Labute approximate surface area is 149 Å². The monoisotopic (exact) mass is 357 g/mol. The van der Waals surface area contributed by atoms with E-state index in [1.165, 1.54) is 18.2 Å². The van der Waals surface area contributed by atoms with E-state index in [1.54, 1.807) is 12.1 Å². The molecule has 1 heterocycles. The van der Waals surface area contributed by atoms with Crippen molar-refractivity contribution in [2.45, 2.75) is 13.3 Å². The van der Waals surface area contributed by atoms with E-state index in [2.05, 4.69) is 4.98 Å². The number of aryl methyl sites for hydroxylation is 1. The van der Waals surface area contributed by atoms with Crippen LogP contribution in [0.5, 0.6) is 0 Å². The van der Waals surface area contributed by atoms with Crippen LogP contribution in [0.4, 0.5) is 8.78 Å². The van der Waals surface area contributed by atoms with E-state index in [-0.39, 0.29) is 11.3 Å². The molecule has 3 aromatic rings. The number of hydrogen-bond donors (Lipinski definition) is 0. The highest BCUT2D eigenvalue weighted by Gasteiger charge is 2.14. The summed E-state index contributed by atoms with van der Waals surface area (Å²) in [6.45, 7) is 1.93. The number of nitrogens with zero attached hydrogens (tertiary/aromatic N) is 1. The molecule has 25 heavy (non-hydrogen) atoms. The van der Waals surface area contributed by atoms with Gasteiger partial charge in [-0.3, -0.25) is 9.78 Å². The minimum atomic E-state index is -0.960. The maximum atomic E-state index is 14.0. The second kappa shape index (κ2) is 7.11. The standard InChI is InChI=1S/C20H14ClF2NO/c1-12-5-7-15(21)9-14(12)10-19-13(11-25)6-8-18(24-19)16-3-2-4-17(22)20(16)23/h2-9,11H,10H2,1H3. The fourth-order valence-electron chi connectivity index (χ4n) is 2.62. The summed E-state index contributed by atoms with van der Waals surface area (Å²) in [4.78, 5) is 15.7. The smallest absolute Gasteiger partial charge is 0.168 e. The number of carbonyl (C=O) groups excluding carboxylic acids is 1. The van der Waals surface area contributed by atoms with E-state index in [4.69, 9.17) is 11.6 Å². The highest BCUT2D eigenvalue weighted by Crippen LogP contribution is 2.25. The predicted octanol–water partition coefficient (Wildman–Crippen LogP) is 5.39. The predicted molar refractivity (Wildman–Crippen MR) is 94.0 cm³/mol. The lowest BCUT2D eigenvalue weighted by Gasteiger charge is -2.11. The van der Waals surface area contributed by atoms with E-state index >= 15 is 0 Å². The Hall–Kier alpha value is -2.59. The van der Waals surface area contributed by atoms with Crippen molar-refractivity contribution in [3.63, 3.8) is 0 Å². The molecule has 0 atom stereocenters. The summed E-state index contributed by atoms with van der Waals surface area (Å²) >= 11 is 6.04. The molecule has 2 nitrogen and oxygen atoms in total. The SMILES string of the molecule is Cc1ccc(Cl)cc1Cc1nc(-c2cccc(F)c2F)ccc1C=O. The largest absolute Gasteiger partial charge is 0.298 e. The van der Waals surface area contributed by atoms with Crippen molar-refractivity contribution < 1.29 is 13.6 Å². The van der Waals surface area contributed by atoms with Gasteiger partial charge in [-0.25, -0.2) is 8.78 Å². The van der Waals surface area contributed by atoms with Crippen LogP contribution in [0.3, 0.4) is 0 Å². The average molecular weight is 358 g/mol. The average Bonchev–Trinajstić information content (AvgIpc) is 2.60. The molecule has 0 fully saturated rings. The molecule has 0 aliphatic heterocycles. The lowest BCUT2D eigenvalue weighted by atomic mass is 10.00. The van der Waals surface area contributed by atoms with Gasteiger partial charge in [-0.1, -0.05) is 23.7 Å². The Kier molecular flexibility index (Phi) is 4.91. The van der Waals surface area contributed by atoms with E-state index in [0.29, 0.717) is 29.0 Å². The van der Waals surface area contributed by atoms with Gasteiger partial charge in [0.05, 0.1) is 11.4 Å². The summed E-state index contributed by atoms with van der Waals surface area (Å²) in [6, 6.07) is 12.5. The highest BCUT2D eigenvalue weighted by molar-refractivity contribution is 6.30. The molecule has 0 saturated carbocycles. The molecule has 0 amide bonds. The van der Waals surface area contributed by atoms with Crippen molar-refractivity contribution in [3.05, 3.63) is 87.6 Å². The Bertz CT molecular complexity index is 956. The fourth-order valence-corrected chi connectivity index (χ4v) is 2.82. The number of benzene rings is 2. The Morgan fingerprint density at radius 1 is 1.12 bits per heavy atom. The first-order chi connectivity index (χ1) is 12.0. The second-order valence-electron chi connectivity index (χ2n) is 5.70. The molecule has 0 bridgehead atoms. The van der Waals surface area contributed by atoms with Crippen LogP contribution in [-0.2, 0) is 6.42 Å². The number of aldehydes is 1. The van der Waals surface area contributed by atoms with Crippen LogP contribution in [0.15, 0.2) is 48.5 Å². The minimum absolute atomic E-state index is 0.0570. The number of carbonyl (C=O) groups is 1. The third-order valence-electron chi connectivity index (χ3n) is 4.03. The maximum Gasteiger partial charge on any atom is 0.168 e. The van der Waals surface area contributed by atoms with Gasteiger partial charge in [0.25, 0.3) is 0 Å². The molecule has 0 spiro atoms. The van der Waals surface area contributed by atoms with E-state index in [0.717, 1.165) is 17.2 Å². The molecular weight excluding hydrogens is 344 g/mol. The molecule has 0 aliphatic carbocycles. The summed E-state index contributed by atoms with van der Waals surface area (Å²) in [7, 11) is 0. The van der Waals surface area contributed by atoms with E-state index in [1.807, 2.05) is 19.1 Å². The van der Waals surface area contributed by atoms with Gasteiger partial charge in [0, 0.05) is 22.6 Å². The lowest BCUT2D eigenvalue weighted by molar-refractivity contribution is 0.112. The van der Waals surface area contributed by atoms with Crippen LogP contribution < -0.4 is 0 Å². The number of aromatic nitrogens is 1. The Balaban J connectivity index is 2.08. The summed E-state index contributed by atoms with van der Waals surface area (Å²) < 4.78 is 27.5. The number of pyridine rings is 1. The van der Waals surface area contributed by atoms with Gasteiger partial charge in [0.1, 0.15) is 0 Å². The van der Waals surface area contributed by atoms with Gasteiger partial charge in [0.15, 0.2) is 17.9 Å². The molecular formula is C20H14ClF2NO. The quantitative estimate of drug-likeness (QED) is 0.586. The zero-order chi connectivity index (χ0) is 18.0. The first-order valence-electron chi connectivity index (χ1n) is 7.64. The lowest BCUT2D eigenvalue weighted by Crippen LogP contribution is -2.02. The molecule has 3 rings (SSSR count). The molecule has 1 aromatic heterocycles. The molecule has 0 radical (unpaired) electrons. The molecule has 0 saturated heterocycles. The van der Waals surface area contributed by atoms with Crippen LogP contribution in [-0.4, -0.2) is 11.3 Å². The fraction of sp³-hybridized carbons (Fsp3) is 0.100. The minimum Gasteiger partial charge on any atom is -0.298 e. The molecule has 5 heteroatoms. The molecule has 0 aliphatic rings. The Morgan fingerprint density at radius 2 is 1.92 bits per heavy atom. The molecule has 2 aromatic carbocycles. The first kappa shape index (κ1) is 17.2. The number of halogens is 3. The van der Waals surface area contributed by atoms with Gasteiger partial charge in [0.2, 0.25) is 0 Å². The van der Waals surface area contributed by atoms with Gasteiger partial charge in [-0.05, 0) is 54.4 Å². The van der Waals surface area contributed by atoms with Crippen LogP contribution in [0.1, 0.15) is 27.2 Å². The van der Waals surface area contributed by atoms with Gasteiger partial charge in [-0.15, -0.1) is 0 Å². The van der Waals surface area contributed by atoms with Crippen molar-refractivity contribution in [1.82, 2.24) is 4.98 Å². The molecule has 126 valence electrons. The maximum absolute atomic E-state index is 14.0. The highest BCUT2D eigenvalue weighted by atomic mass is 35.5. The van der Waals surface area contributed by atoms with Crippen molar-refractivity contribution in [3.8, 4) is 11.3 Å². The van der Waals surface area contributed by atoms with Gasteiger partial charge >= 0.3 is 0 Å². The Morgan fingerprint density at radius 3 is 2.68 bits per heavy atom. The third kappa shape index (κ3) is 3.59. The van der Waals surface area contributed by atoms with Gasteiger partial charge in [-0.2, -0.15) is 0 Å². The van der Waals surface area contributed by atoms with Gasteiger partial charge < -0.3 is 0 Å².